The number of aromatic nitrogens is 2. The molecule has 0 saturated heterocycles. The quantitative estimate of drug-likeness (QED) is 0.783. The smallest absolute Gasteiger partial charge is 0.343 e. The van der Waals surface area contributed by atoms with E-state index in [1.807, 2.05) is 6.07 Å². The van der Waals surface area contributed by atoms with Gasteiger partial charge in [-0.3, -0.25) is 9.48 Å². The summed E-state index contributed by atoms with van der Waals surface area (Å²) in [5.41, 5.74) is 0.663. The van der Waals surface area contributed by atoms with Crippen molar-refractivity contribution in [2.75, 3.05) is 19.0 Å². The lowest BCUT2D eigenvalue weighted by molar-refractivity contribution is -0.142. The van der Waals surface area contributed by atoms with Gasteiger partial charge in [0.05, 0.1) is 7.11 Å². The molecule has 0 aliphatic carbocycles. The zero-order chi connectivity index (χ0) is 15.8. The number of hydrogen-bond donors (Lipinski definition) is 1. The van der Waals surface area contributed by atoms with Crippen molar-refractivity contribution < 1.29 is 19.1 Å². The van der Waals surface area contributed by atoms with Gasteiger partial charge in [0.2, 0.25) is 5.91 Å². The summed E-state index contributed by atoms with van der Waals surface area (Å²) in [6.07, 6.45) is 3.81. The van der Waals surface area contributed by atoms with Crippen molar-refractivity contribution in [3.05, 3.63) is 42.7 Å². The first kappa shape index (κ1) is 15.6. The fourth-order valence-electron chi connectivity index (χ4n) is 1.71. The Kier molecular flexibility index (Phi) is 5.53. The lowest BCUT2D eigenvalue weighted by Crippen LogP contribution is -2.15. The third-order valence-electron chi connectivity index (χ3n) is 2.85. The summed E-state index contributed by atoms with van der Waals surface area (Å²) in [7, 11) is 1.30. The molecule has 1 amide bonds. The van der Waals surface area contributed by atoms with E-state index in [0.29, 0.717) is 24.4 Å². The van der Waals surface area contributed by atoms with Gasteiger partial charge in [-0.1, -0.05) is 0 Å². The molecule has 1 aromatic carbocycles. The maximum Gasteiger partial charge on any atom is 0.343 e. The Morgan fingerprint density at radius 1 is 1.27 bits per heavy atom. The van der Waals surface area contributed by atoms with Gasteiger partial charge >= 0.3 is 5.97 Å². The van der Waals surface area contributed by atoms with Gasteiger partial charge in [0, 0.05) is 31.0 Å². The topological polar surface area (TPSA) is 82.5 Å². The predicted molar refractivity (Wildman–Crippen MR) is 79.4 cm³/mol. The average molecular weight is 303 g/mol. The number of rotatable bonds is 7. The van der Waals surface area contributed by atoms with Crippen LogP contribution in [0.5, 0.6) is 5.75 Å². The maximum atomic E-state index is 11.8. The van der Waals surface area contributed by atoms with Gasteiger partial charge in [-0.15, -0.1) is 0 Å². The van der Waals surface area contributed by atoms with Crippen LogP contribution in [-0.2, 0) is 20.9 Å². The highest BCUT2D eigenvalue weighted by atomic mass is 16.6. The van der Waals surface area contributed by atoms with E-state index in [4.69, 9.17) is 4.74 Å². The van der Waals surface area contributed by atoms with E-state index in [1.54, 1.807) is 41.3 Å². The second kappa shape index (κ2) is 7.82. The monoisotopic (exact) mass is 303 g/mol. The van der Waals surface area contributed by atoms with E-state index in [0.717, 1.165) is 0 Å². The molecule has 0 fully saturated rings. The van der Waals surface area contributed by atoms with E-state index >= 15 is 0 Å². The van der Waals surface area contributed by atoms with Gasteiger partial charge in [0.25, 0.3) is 0 Å². The van der Waals surface area contributed by atoms with Gasteiger partial charge in [-0.05, 0) is 30.3 Å². The first-order valence-electron chi connectivity index (χ1n) is 6.74. The minimum absolute atomic E-state index is 0.0984. The normalized spacial score (nSPS) is 10.0. The van der Waals surface area contributed by atoms with Crippen LogP contribution in [0.25, 0.3) is 0 Å². The third kappa shape index (κ3) is 4.93. The molecule has 7 heteroatoms. The molecule has 2 aromatic rings. The van der Waals surface area contributed by atoms with Crippen LogP contribution in [0.1, 0.15) is 6.42 Å². The number of nitrogens with one attached hydrogen (secondary N) is 1. The first-order chi connectivity index (χ1) is 10.7. The van der Waals surface area contributed by atoms with Crippen molar-refractivity contribution in [2.24, 2.45) is 0 Å². The molecule has 0 saturated carbocycles. The number of benzene rings is 1. The van der Waals surface area contributed by atoms with Crippen LogP contribution >= 0.6 is 0 Å². The van der Waals surface area contributed by atoms with E-state index in [1.165, 1.54) is 7.11 Å². The van der Waals surface area contributed by atoms with Crippen molar-refractivity contribution in [1.82, 2.24) is 9.78 Å². The summed E-state index contributed by atoms with van der Waals surface area (Å²) >= 11 is 0. The number of carbonyl (C=O) groups excluding carboxylic acids is 2. The zero-order valence-electron chi connectivity index (χ0n) is 12.2. The van der Waals surface area contributed by atoms with Crippen molar-refractivity contribution in [1.29, 1.82) is 0 Å². The largest absolute Gasteiger partial charge is 0.482 e. The van der Waals surface area contributed by atoms with Gasteiger partial charge < -0.3 is 14.8 Å². The minimum Gasteiger partial charge on any atom is -0.482 e. The number of carbonyl (C=O) groups is 2. The Morgan fingerprint density at radius 2 is 2.05 bits per heavy atom. The fourth-order valence-corrected chi connectivity index (χ4v) is 1.71. The summed E-state index contributed by atoms with van der Waals surface area (Å²) in [4.78, 5) is 22.8. The lowest BCUT2D eigenvalue weighted by Gasteiger charge is -2.08. The van der Waals surface area contributed by atoms with Crippen LogP contribution in [-0.4, -0.2) is 35.4 Å². The molecular formula is C15H17N3O4. The summed E-state index contributed by atoms with van der Waals surface area (Å²) in [5, 5.41) is 6.81. The Labute approximate surface area is 127 Å². The van der Waals surface area contributed by atoms with Gasteiger partial charge in [0.15, 0.2) is 6.61 Å². The molecule has 7 nitrogen and oxygen atoms in total. The number of methoxy groups -OCH3 is 1. The molecule has 0 atom stereocenters. The van der Waals surface area contributed by atoms with Gasteiger partial charge in [-0.2, -0.15) is 5.10 Å². The molecule has 0 unspecified atom stereocenters. The number of hydrogen-bond acceptors (Lipinski definition) is 5. The molecule has 0 aliphatic rings. The van der Waals surface area contributed by atoms with Crippen molar-refractivity contribution in [2.45, 2.75) is 13.0 Å². The molecular weight excluding hydrogens is 286 g/mol. The highest BCUT2D eigenvalue weighted by molar-refractivity contribution is 5.90. The van der Waals surface area contributed by atoms with Crippen LogP contribution in [0.15, 0.2) is 42.7 Å². The van der Waals surface area contributed by atoms with Crippen LogP contribution in [0.3, 0.4) is 0 Å². The number of amides is 1. The summed E-state index contributed by atoms with van der Waals surface area (Å²) in [6, 6.07) is 8.57. The lowest BCUT2D eigenvalue weighted by atomic mass is 10.3. The van der Waals surface area contributed by atoms with E-state index < -0.39 is 5.97 Å². The molecule has 22 heavy (non-hydrogen) atoms. The van der Waals surface area contributed by atoms with E-state index in [9.17, 15) is 9.59 Å². The van der Waals surface area contributed by atoms with Crippen LogP contribution < -0.4 is 10.1 Å². The second-order valence-corrected chi connectivity index (χ2v) is 4.46. The van der Waals surface area contributed by atoms with Gasteiger partial charge in [0.1, 0.15) is 5.75 Å². The summed E-state index contributed by atoms with van der Waals surface area (Å²) < 4.78 is 11.4. The molecule has 1 N–H and O–H groups in total. The minimum atomic E-state index is -0.448. The highest BCUT2D eigenvalue weighted by Crippen LogP contribution is 2.15. The van der Waals surface area contributed by atoms with Crippen LogP contribution in [0.4, 0.5) is 5.69 Å². The number of esters is 1. The Hall–Kier alpha value is -2.83. The third-order valence-corrected chi connectivity index (χ3v) is 2.85. The highest BCUT2D eigenvalue weighted by Gasteiger charge is 2.05. The average Bonchev–Trinajstić information content (AvgIpc) is 3.05. The fraction of sp³-hybridized carbons (Fsp3) is 0.267. The number of ether oxygens (including phenoxy) is 2. The molecule has 0 aliphatic heterocycles. The number of anilines is 1. The van der Waals surface area contributed by atoms with Crippen LogP contribution in [0, 0.1) is 0 Å². The zero-order valence-corrected chi connectivity index (χ0v) is 12.2. The standard InChI is InChI=1S/C15H17N3O4/c1-21-15(20)11-22-13-5-3-12(4-6-13)17-14(19)7-10-18-9-2-8-16-18/h2-6,8-9H,7,10-11H2,1H3,(H,17,19). The van der Waals surface area contributed by atoms with Crippen LogP contribution in [0.2, 0.25) is 0 Å². The van der Waals surface area contributed by atoms with Crippen molar-refractivity contribution in [3.63, 3.8) is 0 Å². The molecule has 2 rings (SSSR count). The molecule has 1 heterocycles. The number of nitrogens with zero attached hydrogens (tertiary/aromatic N) is 2. The molecule has 116 valence electrons. The second-order valence-electron chi connectivity index (χ2n) is 4.46. The molecule has 0 bridgehead atoms. The first-order valence-corrected chi connectivity index (χ1v) is 6.74. The van der Waals surface area contributed by atoms with Gasteiger partial charge in [-0.25, -0.2) is 4.79 Å². The summed E-state index contributed by atoms with van der Waals surface area (Å²) in [6.45, 7) is 0.380. The molecule has 0 radical (unpaired) electrons. The Morgan fingerprint density at radius 3 is 2.68 bits per heavy atom. The Bertz CT molecular complexity index is 608. The SMILES string of the molecule is COC(=O)COc1ccc(NC(=O)CCn2cccn2)cc1. The van der Waals surface area contributed by atoms with E-state index in [-0.39, 0.29) is 12.5 Å². The van der Waals surface area contributed by atoms with Crippen molar-refractivity contribution in [3.8, 4) is 5.75 Å². The van der Waals surface area contributed by atoms with E-state index in [2.05, 4.69) is 15.2 Å². The van der Waals surface area contributed by atoms with Crippen molar-refractivity contribution >= 4 is 17.6 Å². The molecule has 0 spiro atoms. The predicted octanol–water partition coefficient (Wildman–Crippen LogP) is 1.46. The molecule has 1 aromatic heterocycles. The maximum absolute atomic E-state index is 11.8. The Balaban J connectivity index is 1.77. The number of aryl methyl sites for hydroxylation is 1. The summed E-state index contributed by atoms with van der Waals surface area (Å²) in [5.74, 6) is -0.0188.